The third-order valence-electron chi connectivity index (χ3n) is 6.11. The lowest BCUT2D eigenvalue weighted by Gasteiger charge is -2.11. The lowest BCUT2D eigenvalue weighted by Crippen LogP contribution is -2.25. The van der Waals surface area contributed by atoms with E-state index in [4.69, 9.17) is 4.98 Å². The Bertz CT molecular complexity index is 1620. The van der Waals surface area contributed by atoms with Crippen LogP contribution in [0.5, 0.6) is 0 Å². The van der Waals surface area contributed by atoms with E-state index < -0.39 is 0 Å². The summed E-state index contributed by atoms with van der Waals surface area (Å²) in [5, 5.41) is 20.2. The van der Waals surface area contributed by atoms with Gasteiger partial charge in [0.25, 0.3) is 5.91 Å². The van der Waals surface area contributed by atoms with E-state index >= 15 is 0 Å². The fraction of sp³-hybridized carbons (Fsp3) is 0.192. The van der Waals surface area contributed by atoms with Gasteiger partial charge in [-0.25, -0.2) is 9.97 Å². The molecule has 3 aromatic heterocycles. The number of aromatic nitrogens is 5. The van der Waals surface area contributed by atoms with Crippen molar-refractivity contribution in [1.82, 2.24) is 29.5 Å². The molecular formula is C26H22N8O. The smallest absolute Gasteiger partial charge is 0.251 e. The van der Waals surface area contributed by atoms with Gasteiger partial charge in [-0.2, -0.15) is 10.4 Å². The van der Waals surface area contributed by atoms with Crippen LogP contribution in [0.25, 0.3) is 27.9 Å². The molecule has 0 spiro atoms. The van der Waals surface area contributed by atoms with Gasteiger partial charge >= 0.3 is 0 Å². The maximum Gasteiger partial charge on any atom is 0.251 e. The number of hydrogen-bond acceptors (Lipinski definition) is 6. The lowest BCUT2D eigenvalue weighted by molar-refractivity contribution is 0.0951. The number of benzene rings is 2. The van der Waals surface area contributed by atoms with Crippen molar-refractivity contribution < 1.29 is 4.79 Å². The van der Waals surface area contributed by atoms with Crippen LogP contribution < -0.4 is 10.6 Å². The average molecular weight is 463 g/mol. The first-order chi connectivity index (χ1) is 17.1. The molecule has 6 rings (SSSR count). The molecule has 3 heterocycles. The highest BCUT2D eigenvalue weighted by Gasteiger charge is 2.24. The predicted octanol–water partition coefficient (Wildman–Crippen LogP) is 3.66. The first-order valence-electron chi connectivity index (χ1n) is 11.4. The molecule has 1 saturated carbocycles. The zero-order chi connectivity index (χ0) is 23.9. The second-order valence-corrected chi connectivity index (χ2v) is 8.74. The number of rotatable bonds is 6. The molecule has 1 aliphatic carbocycles. The number of nitriles is 1. The number of anilines is 1. The molecule has 0 bridgehead atoms. The summed E-state index contributed by atoms with van der Waals surface area (Å²) in [5.74, 6) is 0.557. The highest BCUT2D eigenvalue weighted by molar-refractivity contribution is 5.95. The van der Waals surface area contributed by atoms with E-state index in [1.165, 1.54) is 0 Å². The van der Waals surface area contributed by atoms with E-state index in [9.17, 15) is 10.1 Å². The van der Waals surface area contributed by atoms with Crippen LogP contribution in [0.2, 0.25) is 0 Å². The molecule has 1 fully saturated rings. The van der Waals surface area contributed by atoms with Crippen LogP contribution in [-0.2, 0) is 13.6 Å². The normalized spacial score (nSPS) is 13.1. The van der Waals surface area contributed by atoms with Gasteiger partial charge in [-0.15, -0.1) is 0 Å². The summed E-state index contributed by atoms with van der Waals surface area (Å²) < 4.78 is 3.78. The van der Waals surface area contributed by atoms with Gasteiger partial charge in [0.2, 0.25) is 0 Å². The molecule has 9 nitrogen and oxygen atoms in total. The molecule has 0 aliphatic heterocycles. The summed E-state index contributed by atoms with van der Waals surface area (Å²) >= 11 is 0. The highest BCUT2D eigenvalue weighted by atomic mass is 16.1. The Labute approximate surface area is 201 Å². The number of nitrogens with one attached hydrogen (secondary N) is 2. The van der Waals surface area contributed by atoms with Gasteiger partial charge in [0.15, 0.2) is 11.5 Å². The largest absolute Gasteiger partial charge is 0.361 e. The second-order valence-electron chi connectivity index (χ2n) is 8.74. The Kier molecular flexibility index (Phi) is 4.92. The summed E-state index contributed by atoms with van der Waals surface area (Å²) in [6.07, 6.45) is 5.80. The third kappa shape index (κ3) is 3.95. The van der Waals surface area contributed by atoms with Gasteiger partial charge < -0.3 is 10.6 Å². The fourth-order valence-electron chi connectivity index (χ4n) is 4.15. The summed E-state index contributed by atoms with van der Waals surface area (Å²) in [4.78, 5) is 21.9. The van der Waals surface area contributed by atoms with Gasteiger partial charge in [-0.3, -0.25) is 13.9 Å². The summed E-state index contributed by atoms with van der Waals surface area (Å²) in [5.41, 5.74) is 6.03. The maximum atomic E-state index is 12.4. The van der Waals surface area contributed by atoms with E-state index in [1.54, 1.807) is 23.0 Å². The molecule has 172 valence electrons. The molecule has 9 heteroatoms. The number of carbonyl (C=O) groups is 1. The molecule has 2 N–H and O–H groups in total. The van der Waals surface area contributed by atoms with Crippen LogP contribution in [0.15, 0.2) is 60.9 Å². The van der Waals surface area contributed by atoms with Crippen molar-refractivity contribution in [2.24, 2.45) is 7.05 Å². The van der Waals surface area contributed by atoms with Crippen molar-refractivity contribution in [2.45, 2.75) is 25.4 Å². The van der Waals surface area contributed by atoms with E-state index in [2.05, 4.69) is 26.8 Å². The monoisotopic (exact) mass is 462 g/mol. The molecule has 2 aromatic carbocycles. The molecule has 5 aromatic rings. The molecule has 1 amide bonds. The summed E-state index contributed by atoms with van der Waals surface area (Å²) in [6, 6.07) is 17.4. The van der Waals surface area contributed by atoms with Crippen molar-refractivity contribution in [3.05, 3.63) is 77.7 Å². The fourth-order valence-corrected chi connectivity index (χ4v) is 4.15. The summed E-state index contributed by atoms with van der Waals surface area (Å²) in [6.45, 7) is 0.486. The van der Waals surface area contributed by atoms with Gasteiger partial charge in [-0.05, 0) is 49.2 Å². The second kappa shape index (κ2) is 8.25. The highest BCUT2D eigenvalue weighted by Crippen LogP contribution is 2.29. The van der Waals surface area contributed by atoms with Crippen molar-refractivity contribution >= 4 is 28.4 Å². The van der Waals surface area contributed by atoms with Gasteiger partial charge in [0, 0.05) is 30.4 Å². The van der Waals surface area contributed by atoms with Crippen molar-refractivity contribution in [3.8, 4) is 17.3 Å². The van der Waals surface area contributed by atoms with E-state index in [1.807, 2.05) is 54.0 Å². The number of aryl methyl sites for hydroxylation is 1. The zero-order valence-electron chi connectivity index (χ0n) is 19.1. The third-order valence-corrected chi connectivity index (χ3v) is 6.11. The SMILES string of the molecule is Cn1ccc(CNc2nc3cc(C#N)ccc3n3c(-c4ccc(C(=O)NC5CC5)cc4)cnc23)n1. The first-order valence-corrected chi connectivity index (χ1v) is 11.4. The number of hydrogen-bond donors (Lipinski definition) is 2. The van der Waals surface area contributed by atoms with Crippen molar-refractivity contribution in [1.29, 1.82) is 5.26 Å². The van der Waals surface area contributed by atoms with Crippen molar-refractivity contribution in [2.75, 3.05) is 5.32 Å². The van der Waals surface area contributed by atoms with Gasteiger partial charge in [0.1, 0.15) is 0 Å². The number of fused-ring (bicyclic) bond motifs is 3. The molecule has 35 heavy (non-hydrogen) atoms. The molecular weight excluding hydrogens is 440 g/mol. The van der Waals surface area contributed by atoms with E-state index in [0.29, 0.717) is 40.7 Å². The quantitative estimate of drug-likeness (QED) is 0.398. The minimum Gasteiger partial charge on any atom is -0.361 e. The summed E-state index contributed by atoms with van der Waals surface area (Å²) in [7, 11) is 1.88. The topological polar surface area (TPSA) is 113 Å². The Hall–Kier alpha value is -4.71. The first kappa shape index (κ1) is 20.9. The Morgan fingerprint density at radius 2 is 2.00 bits per heavy atom. The predicted molar refractivity (Wildman–Crippen MR) is 132 cm³/mol. The molecule has 1 aliphatic rings. The minimum atomic E-state index is -0.0446. The minimum absolute atomic E-state index is 0.0446. The molecule has 0 unspecified atom stereocenters. The number of nitrogens with zero attached hydrogens (tertiary/aromatic N) is 6. The van der Waals surface area contributed by atoms with Crippen LogP contribution >= 0.6 is 0 Å². The van der Waals surface area contributed by atoms with Crippen LogP contribution in [0.1, 0.15) is 34.5 Å². The number of imidazole rings is 1. The standard InChI is InChI=1S/C26H22N8O/c1-33-11-10-20(32-33)14-28-24-25-29-15-23(34(25)22-9-2-16(13-27)12-21(22)31-24)17-3-5-18(6-4-17)26(35)30-19-7-8-19/h2-6,9-12,15,19H,7-8,14H2,1H3,(H,28,31)(H,30,35). The van der Waals surface area contributed by atoms with Crippen LogP contribution in [-0.4, -0.2) is 36.1 Å². The van der Waals surface area contributed by atoms with Gasteiger partial charge in [0.05, 0.1) is 46.8 Å². The van der Waals surface area contributed by atoms with Crippen LogP contribution in [0, 0.1) is 11.3 Å². The Morgan fingerprint density at radius 3 is 2.71 bits per heavy atom. The number of amides is 1. The van der Waals surface area contributed by atoms with Crippen LogP contribution in [0.3, 0.4) is 0 Å². The van der Waals surface area contributed by atoms with Crippen LogP contribution in [0.4, 0.5) is 5.82 Å². The molecule has 0 atom stereocenters. The Morgan fingerprint density at radius 1 is 1.17 bits per heavy atom. The molecule has 0 radical (unpaired) electrons. The zero-order valence-corrected chi connectivity index (χ0v) is 19.1. The Balaban J connectivity index is 1.43. The van der Waals surface area contributed by atoms with E-state index in [0.717, 1.165) is 35.3 Å². The maximum absolute atomic E-state index is 12.4. The average Bonchev–Trinajstić information content (AvgIpc) is 3.41. The number of carbonyl (C=O) groups excluding carboxylic acids is 1. The van der Waals surface area contributed by atoms with Gasteiger partial charge in [-0.1, -0.05) is 12.1 Å². The molecule has 0 saturated heterocycles. The lowest BCUT2D eigenvalue weighted by atomic mass is 10.1. The van der Waals surface area contributed by atoms with Crippen molar-refractivity contribution in [3.63, 3.8) is 0 Å². The van der Waals surface area contributed by atoms with E-state index in [-0.39, 0.29) is 5.91 Å².